The van der Waals surface area contributed by atoms with Crippen LogP contribution in [0, 0.1) is 28.8 Å². The molecule has 33 heavy (non-hydrogen) atoms. The van der Waals surface area contributed by atoms with Crippen LogP contribution in [0.2, 0.25) is 0 Å². The van der Waals surface area contributed by atoms with E-state index in [1.165, 1.54) is 6.42 Å². The highest BCUT2D eigenvalue weighted by molar-refractivity contribution is 6.04. The van der Waals surface area contributed by atoms with Crippen LogP contribution in [0.3, 0.4) is 0 Å². The zero-order chi connectivity index (χ0) is 23.1. The number of nitriles is 1. The second kappa shape index (κ2) is 8.13. The molecule has 4 aromatic rings. The number of nitrogens with one attached hydrogen (secondary N) is 1. The molecular weight excluding hydrogens is 429 g/mol. The first kappa shape index (κ1) is 20.8. The number of nitrogen functional groups attached to an aromatic ring is 1. The number of nitrogens with zero attached hydrogens (tertiary/aromatic N) is 4. The Bertz CT molecular complexity index is 1400. The smallest absolute Gasteiger partial charge is 0.184 e. The number of H-pyrrole nitrogens is 1. The Labute approximate surface area is 187 Å². The van der Waals surface area contributed by atoms with Crippen molar-refractivity contribution in [2.75, 3.05) is 23.7 Å². The van der Waals surface area contributed by atoms with Gasteiger partial charge in [0.15, 0.2) is 17.3 Å². The number of rotatable bonds is 3. The van der Waals surface area contributed by atoms with Gasteiger partial charge in [-0.1, -0.05) is 12.1 Å². The van der Waals surface area contributed by atoms with Gasteiger partial charge in [-0.3, -0.25) is 5.10 Å². The molecule has 0 spiro atoms. The number of aromatic amines is 1. The largest absolute Gasteiger partial charge is 0.383 e. The standard InChI is InChI=1S/C24H19F3N6/c25-16-8-9-17(26)21(27)19(16)22-15(12-28)18(20-23(29)31-32-24(20)30-22)13-4-6-14(7-5-13)33-10-2-1-3-11-33/h4-9H,1-3,10-11H2,(H3,29,30,31,32). The van der Waals surface area contributed by atoms with Crippen LogP contribution in [0.4, 0.5) is 24.7 Å². The second-order valence-electron chi connectivity index (χ2n) is 7.97. The van der Waals surface area contributed by atoms with E-state index < -0.39 is 23.0 Å². The molecule has 0 bridgehead atoms. The van der Waals surface area contributed by atoms with Gasteiger partial charge in [-0.15, -0.1) is 0 Å². The van der Waals surface area contributed by atoms with Gasteiger partial charge in [0.25, 0.3) is 0 Å². The van der Waals surface area contributed by atoms with Crippen LogP contribution in [0.25, 0.3) is 33.4 Å². The van der Waals surface area contributed by atoms with Gasteiger partial charge in [0.2, 0.25) is 0 Å². The summed E-state index contributed by atoms with van der Waals surface area (Å²) in [4.78, 5) is 6.46. The van der Waals surface area contributed by atoms with E-state index in [-0.39, 0.29) is 22.7 Å². The summed E-state index contributed by atoms with van der Waals surface area (Å²) in [5.41, 5.74) is 6.95. The van der Waals surface area contributed by atoms with E-state index in [9.17, 15) is 18.4 Å². The number of anilines is 2. The normalized spacial score (nSPS) is 13.9. The number of halogens is 3. The van der Waals surface area contributed by atoms with E-state index in [2.05, 4.69) is 20.1 Å². The predicted molar refractivity (Wildman–Crippen MR) is 120 cm³/mol. The fourth-order valence-corrected chi connectivity index (χ4v) is 4.39. The monoisotopic (exact) mass is 448 g/mol. The van der Waals surface area contributed by atoms with E-state index in [0.717, 1.165) is 37.7 Å². The molecule has 2 aromatic carbocycles. The van der Waals surface area contributed by atoms with E-state index in [4.69, 9.17) is 5.73 Å². The van der Waals surface area contributed by atoms with E-state index in [0.29, 0.717) is 22.6 Å². The minimum Gasteiger partial charge on any atom is -0.383 e. The summed E-state index contributed by atoms with van der Waals surface area (Å²) < 4.78 is 43.2. The van der Waals surface area contributed by atoms with Crippen LogP contribution in [-0.4, -0.2) is 28.3 Å². The number of piperidine rings is 1. The molecule has 0 atom stereocenters. The van der Waals surface area contributed by atoms with Gasteiger partial charge < -0.3 is 10.6 Å². The number of pyridine rings is 1. The molecule has 1 aliphatic rings. The summed E-state index contributed by atoms with van der Waals surface area (Å²) in [5, 5.41) is 17.0. The first-order valence-electron chi connectivity index (χ1n) is 10.6. The summed E-state index contributed by atoms with van der Waals surface area (Å²) in [5.74, 6) is -3.54. The average molecular weight is 448 g/mol. The van der Waals surface area contributed by atoms with Crippen molar-refractivity contribution >= 4 is 22.5 Å². The molecule has 5 rings (SSSR count). The minimum atomic E-state index is -1.42. The number of benzene rings is 2. The maximum absolute atomic E-state index is 14.6. The van der Waals surface area contributed by atoms with Crippen molar-refractivity contribution in [2.24, 2.45) is 0 Å². The van der Waals surface area contributed by atoms with E-state index in [1.807, 2.05) is 30.3 Å². The quantitative estimate of drug-likeness (QED) is 0.423. The molecule has 166 valence electrons. The molecule has 0 unspecified atom stereocenters. The maximum Gasteiger partial charge on any atom is 0.184 e. The lowest BCUT2D eigenvalue weighted by atomic mass is 9.93. The third-order valence-electron chi connectivity index (χ3n) is 6.00. The molecule has 0 amide bonds. The fourth-order valence-electron chi connectivity index (χ4n) is 4.39. The number of hydrogen-bond acceptors (Lipinski definition) is 5. The zero-order valence-electron chi connectivity index (χ0n) is 17.5. The lowest BCUT2D eigenvalue weighted by molar-refractivity contribution is 0.498. The van der Waals surface area contributed by atoms with Gasteiger partial charge in [-0.05, 0) is 49.1 Å². The Balaban J connectivity index is 1.75. The first-order chi connectivity index (χ1) is 16.0. The van der Waals surface area contributed by atoms with Crippen molar-refractivity contribution in [1.82, 2.24) is 15.2 Å². The zero-order valence-corrected chi connectivity index (χ0v) is 17.5. The van der Waals surface area contributed by atoms with Gasteiger partial charge >= 0.3 is 0 Å². The molecule has 1 fully saturated rings. The highest BCUT2D eigenvalue weighted by Gasteiger charge is 2.26. The topological polar surface area (TPSA) is 94.6 Å². The minimum absolute atomic E-state index is 0.0691. The summed E-state index contributed by atoms with van der Waals surface area (Å²) in [6, 6.07) is 11.0. The molecule has 0 radical (unpaired) electrons. The molecule has 6 nitrogen and oxygen atoms in total. The van der Waals surface area contributed by atoms with Crippen LogP contribution in [0.15, 0.2) is 36.4 Å². The summed E-state index contributed by atoms with van der Waals surface area (Å²) in [6.07, 6.45) is 3.47. The third kappa shape index (κ3) is 3.44. The highest BCUT2D eigenvalue weighted by atomic mass is 19.2. The fraction of sp³-hybridized carbons (Fsp3) is 0.208. The Morgan fingerprint density at radius 1 is 0.939 bits per heavy atom. The Morgan fingerprint density at radius 3 is 2.33 bits per heavy atom. The first-order valence-corrected chi connectivity index (χ1v) is 10.6. The molecule has 1 aliphatic heterocycles. The molecule has 3 N–H and O–H groups in total. The van der Waals surface area contributed by atoms with Crippen LogP contribution in [0.5, 0.6) is 0 Å². The molecular formula is C24H19F3N6. The third-order valence-corrected chi connectivity index (χ3v) is 6.00. The van der Waals surface area contributed by atoms with Gasteiger partial charge in [-0.2, -0.15) is 10.4 Å². The van der Waals surface area contributed by atoms with Gasteiger partial charge in [0.1, 0.15) is 17.7 Å². The van der Waals surface area contributed by atoms with E-state index >= 15 is 0 Å². The van der Waals surface area contributed by atoms with Crippen molar-refractivity contribution in [3.63, 3.8) is 0 Å². The van der Waals surface area contributed by atoms with Gasteiger partial charge in [0, 0.05) is 24.3 Å². The van der Waals surface area contributed by atoms with Crippen molar-refractivity contribution in [3.8, 4) is 28.5 Å². The molecule has 9 heteroatoms. The van der Waals surface area contributed by atoms with E-state index in [1.54, 1.807) is 0 Å². The molecule has 0 aliphatic carbocycles. The number of nitrogens with two attached hydrogens (primary N) is 1. The lowest BCUT2D eigenvalue weighted by Crippen LogP contribution is -2.29. The van der Waals surface area contributed by atoms with Crippen molar-refractivity contribution in [1.29, 1.82) is 5.26 Å². The molecule has 3 heterocycles. The lowest BCUT2D eigenvalue weighted by Gasteiger charge is -2.29. The predicted octanol–water partition coefficient (Wildman–Crippen LogP) is 5.15. The van der Waals surface area contributed by atoms with Crippen molar-refractivity contribution in [3.05, 3.63) is 59.4 Å². The number of aromatic nitrogens is 3. The van der Waals surface area contributed by atoms with Crippen LogP contribution >= 0.6 is 0 Å². The summed E-state index contributed by atoms with van der Waals surface area (Å²) in [6.45, 7) is 1.94. The van der Waals surface area contributed by atoms with Crippen molar-refractivity contribution in [2.45, 2.75) is 19.3 Å². The highest BCUT2D eigenvalue weighted by Crippen LogP contribution is 2.40. The Hall–Kier alpha value is -4.06. The maximum atomic E-state index is 14.6. The molecule has 2 aromatic heterocycles. The Kier molecular flexibility index (Phi) is 5.13. The average Bonchev–Trinajstić information content (AvgIpc) is 3.21. The summed E-state index contributed by atoms with van der Waals surface area (Å²) >= 11 is 0. The summed E-state index contributed by atoms with van der Waals surface area (Å²) in [7, 11) is 0. The number of fused-ring (bicyclic) bond motifs is 1. The van der Waals surface area contributed by atoms with Crippen molar-refractivity contribution < 1.29 is 13.2 Å². The van der Waals surface area contributed by atoms with Gasteiger partial charge in [-0.25, -0.2) is 18.2 Å². The van der Waals surface area contributed by atoms with Crippen LogP contribution in [-0.2, 0) is 0 Å². The number of hydrogen-bond donors (Lipinski definition) is 2. The SMILES string of the molecule is N#Cc1c(-c2c(F)ccc(F)c2F)nc2n[nH]c(N)c2c1-c1ccc(N2CCCCC2)cc1. The van der Waals surface area contributed by atoms with Gasteiger partial charge in [0.05, 0.1) is 22.2 Å². The Morgan fingerprint density at radius 2 is 1.64 bits per heavy atom. The second-order valence-corrected chi connectivity index (χ2v) is 7.97. The van der Waals surface area contributed by atoms with Crippen LogP contribution < -0.4 is 10.6 Å². The molecule has 1 saturated heterocycles. The van der Waals surface area contributed by atoms with Crippen LogP contribution in [0.1, 0.15) is 24.8 Å². The molecule has 0 saturated carbocycles.